The normalized spacial score (nSPS) is 11.0. The Morgan fingerprint density at radius 2 is 1.88 bits per heavy atom. The molecule has 0 spiro atoms. The van der Waals surface area contributed by atoms with Crippen molar-refractivity contribution in [2.45, 2.75) is 26.3 Å². The summed E-state index contributed by atoms with van der Waals surface area (Å²) in [5.41, 5.74) is 0.335. The Bertz CT molecular complexity index is 343. The van der Waals surface area contributed by atoms with E-state index in [0.717, 1.165) is 5.69 Å². The van der Waals surface area contributed by atoms with Gasteiger partial charge in [-0.05, 0) is 32.9 Å². The number of aliphatic hydroxyl groups is 1. The third kappa shape index (κ3) is 2.97. The molecule has 88 valence electrons. The number of ether oxygens (including phenoxy) is 1. The van der Waals surface area contributed by atoms with Crippen molar-refractivity contribution in [1.82, 2.24) is 0 Å². The molecule has 4 heteroatoms. The maximum Gasteiger partial charge on any atom is 0.416 e. The van der Waals surface area contributed by atoms with Crippen molar-refractivity contribution >= 4 is 11.8 Å². The van der Waals surface area contributed by atoms with Crippen LogP contribution in [0.15, 0.2) is 30.3 Å². The zero-order valence-electron chi connectivity index (χ0n) is 9.80. The zero-order valence-corrected chi connectivity index (χ0v) is 9.80. The lowest BCUT2D eigenvalue weighted by atomic mass is 10.1. The fraction of sp³-hybridized carbons (Fsp3) is 0.417. The van der Waals surface area contributed by atoms with E-state index in [1.807, 2.05) is 51.1 Å². The van der Waals surface area contributed by atoms with Crippen molar-refractivity contribution in [1.29, 1.82) is 0 Å². The van der Waals surface area contributed by atoms with Crippen LogP contribution in [0, 0.1) is 0 Å². The molecule has 0 saturated heterocycles. The average molecular weight is 223 g/mol. The van der Waals surface area contributed by atoms with E-state index in [9.17, 15) is 4.79 Å². The molecular formula is C12H17NO3. The molecule has 1 aromatic carbocycles. The van der Waals surface area contributed by atoms with E-state index in [-0.39, 0.29) is 0 Å². The van der Waals surface area contributed by atoms with Gasteiger partial charge in [-0.1, -0.05) is 18.2 Å². The summed E-state index contributed by atoms with van der Waals surface area (Å²) in [7, 11) is 0. The Labute approximate surface area is 95.5 Å². The summed E-state index contributed by atoms with van der Waals surface area (Å²) in [5.74, 6) is 0. The summed E-state index contributed by atoms with van der Waals surface area (Å²) in [5, 5.41) is 8.63. The molecule has 0 radical (unpaired) electrons. The maximum absolute atomic E-state index is 11.7. The van der Waals surface area contributed by atoms with Gasteiger partial charge in [0.1, 0.15) is 0 Å². The van der Waals surface area contributed by atoms with Crippen LogP contribution in [0.4, 0.5) is 10.5 Å². The van der Waals surface area contributed by atoms with Crippen molar-refractivity contribution in [3.05, 3.63) is 30.3 Å². The molecule has 0 aromatic heterocycles. The van der Waals surface area contributed by atoms with Gasteiger partial charge >= 0.3 is 6.09 Å². The van der Waals surface area contributed by atoms with Gasteiger partial charge in [0.2, 0.25) is 0 Å². The van der Waals surface area contributed by atoms with Crippen LogP contribution in [0.3, 0.4) is 0 Å². The molecule has 0 saturated carbocycles. The molecule has 1 N–H and O–H groups in total. The first-order chi connectivity index (χ1) is 7.46. The number of benzene rings is 1. The summed E-state index contributed by atoms with van der Waals surface area (Å²) in [4.78, 5) is 13.2. The Morgan fingerprint density at radius 1 is 1.31 bits per heavy atom. The Kier molecular flexibility index (Phi) is 3.90. The van der Waals surface area contributed by atoms with Gasteiger partial charge in [-0.3, -0.25) is 4.90 Å². The SMILES string of the molecule is CC(C)(C)N(C(=O)OCO)c1ccccc1. The van der Waals surface area contributed by atoms with Gasteiger partial charge < -0.3 is 9.84 Å². The van der Waals surface area contributed by atoms with Crippen LogP contribution in [-0.2, 0) is 4.74 Å². The van der Waals surface area contributed by atoms with E-state index in [0.29, 0.717) is 0 Å². The molecule has 0 aliphatic rings. The van der Waals surface area contributed by atoms with Gasteiger partial charge in [0, 0.05) is 11.2 Å². The molecule has 1 rings (SSSR count). The van der Waals surface area contributed by atoms with E-state index in [1.165, 1.54) is 4.90 Å². The number of aliphatic hydroxyl groups excluding tert-OH is 1. The number of nitrogens with zero attached hydrogens (tertiary/aromatic N) is 1. The van der Waals surface area contributed by atoms with Crippen molar-refractivity contribution in [3.63, 3.8) is 0 Å². The van der Waals surface area contributed by atoms with Gasteiger partial charge in [-0.25, -0.2) is 4.79 Å². The van der Waals surface area contributed by atoms with Crippen LogP contribution >= 0.6 is 0 Å². The monoisotopic (exact) mass is 223 g/mol. The summed E-state index contributed by atoms with van der Waals surface area (Å²) < 4.78 is 4.63. The summed E-state index contributed by atoms with van der Waals surface area (Å²) in [6.45, 7) is 5.09. The zero-order chi connectivity index (χ0) is 12.2. The van der Waals surface area contributed by atoms with Crippen molar-refractivity contribution in [3.8, 4) is 0 Å². The fourth-order valence-corrected chi connectivity index (χ4v) is 1.46. The average Bonchev–Trinajstić information content (AvgIpc) is 2.17. The number of hydrogen-bond donors (Lipinski definition) is 1. The smallest absolute Gasteiger partial charge is 0.416 e. The van der Waals surface area contributed by atoms with Crippen LogP contribution < -0.4 is 4.90 Å². The molecule has 0 bridgehead atoms. The molecule has 1 amide bonds. The largest absolute Gasteiger partial charge is 0.422 e. The quantitative estimate of drug-likeness (QED) is 0.783. The minimum Gasteiger partial charge on any atom is -0.422 e. The molecule has 4 nitrogen and oxygen atoms in total. The van der Waals surface area contributed by atoms with Crippen molar-refractivity contribution in [2.24, 2.45) is 0 Å². The third-order valence-corrected chi connectivity index (χ3v) is 2.06. The molecule has 0 heterocycles. The number of rotatable bonds is 2. The predicted octanol–water partition coefficient (Wildman–Crippen LogP) is 2.38. The summed E-state index contributed by atoms with van der Waals surface area (Å²) in [6, 6.07) is 9.22. The van der Waals surface area contributed by atoms with E-state index < -0.39 is 18.4 Å². The Hall–Kier alpha value is -1.55. The third-order valence-electron chi connectivity index (χ3n) is 2.06. The first kappa shape index (κ1) is 12.5. The second kappa shape index (κ2) is 4.99. The lowest BCUT2D eigenvalue weighted by Crippen LogP contribution is -2.46. The van der Waals surface area contributed by atoms with E-state index in [4.69, 9.17) is 5.11 Å². The first-order valence-corrected chi connectivity index (χ1v) is 5.09. The molecule has 0 unspecified atom stereocenters. The summed E-state index contributed by atoms with van der Waals surface area (Å²) >= 11 is 0. The number of carbonyl (C=O) groups is 1. The molecule has 0 aliphatic heterocycles. The van der Waals surface area contributed by atoms with Crippen LogP contribution in [0.5, 0.6) is 0 Å². The molecule has 0 atom stereocenters. The lowest BCUT2D eigenvalue weighted by Gasteiger charge is -2.34. The second-order valence-electron chi connectivity index (χ2n) is 4.38. The van der Waals surface area contributed by atoms with Gasteiger partial charge in [0.15, 0.2) is 6.79 Å². The second-order valence-corrected chi connectivity index (χ2v) is 4.38. The highest BCUT2D eigenvalue weighted by Gasteiger charge is 2.29. The van der Waals surface area contributed by atoms with Crippen LogP contribution in [0.2, 0.25) is 0 Å². The maximum atomic E-state index is 11.7. The van der Waals surface area contributed by atoms with Gasteiger partial charge in [0.25, 0.3) is 0 Å². The Balaban J connectivity index is 3.02. The minimum atomic E-state index is -0.613. The highest BCUT2D eigenvalue weighted by Crippen LogP contribution is 2.24. The van der Waals surface area contributed by atoms with Crippen molar-refractivity contribution in [2.75, 3.05) is 11.7 Å². The first-order valence-electron chi connectivity index (χ1n) is 5.09. The number of hydrogen-bond acceptors (Lipinski definition) is 3. The summed E-state index contributed by atoms with van der Waals surface area (Å²) in [6.07, 6.45) is -0.554. The van der Waals surface area contributed by atoms with Crippen LogP contribution in [0.25, 0.3) is 0 Å². The number of amides is 1. The Morgan fingerprint density at radius 3 is 2.31 bits per heavy atom. The van der Waals surface area contributed by atoms with Gasteiger partial charge in [-0.2, -0.15) is 0 Å². The molecule has 16 heavy (non-hydrogen) atoms. The molecule has 0 aliphatic carbocycles. The number of para-hydroxylation sites is 1. The number of anilines is 1. The van der Waals surface area contributed by atoms with Gasteiger partial charge in [0.05, 0.1) is 0 Å². The predicted molar refractivity (Wildman–Crippen MR) is 62.2 cm³/mol. The minimum absolute atomic E-state index is 0.409. The van der Waals surface area contributed by atoms with Gasteiger partial charge in [-0.15, -0.1) is 0 Å². The lowest BCUT2D eigenvalue weighted by molar-refractivity contribution is 0.0462. The standard InChI is InChI=1S/C12H17NO3/c1-12(2,3)13(11(15)16-9-14)10-7-5-4-6-8-10/h4-8,14H,9H2,1-3H3. The molecule has 0 fully saturated rings. The highest BCUT2D eigenvalue weighted by molar-refractivity contribution is 5.88. The topological polar surface area (TPSA) is 49.8 Å². The fourth-order valence-electron chi connectivity index (χ4n) is 1.46. The number of carbonyl (C=O) groups excluding carboxylic acids is 1. The molecule has 1 aromatic rings. The molecular weight excluding hydrogens is 206 g/mol. The van der Waals surface area contributed by atoms with Crippen molar-refractivity contribution < 1.29 is 14.6 Å². The van der Waals surface area contributed by atoms with Crippen LogP contribution in [0.1, 0.15) is 20.8 Å². The highest BCUT2D eigenvalue weighted by atomic mass is 16.6. The van der Waals surface area contributed by atoms with Crippen LogP contribution in [-0.4, -0.2) is 23.5 Å². The van der Waals surface area contributed by atoms with E-state index >= 15 is 0 Å². The van der Waals surface area contributed by atoms with E-state index in [2.05, 4.69) is 4.74 Å². The van der Waals surface area contributed by atoms with E-state index in [1.54, 1.807) is 0 Å².